The molecule has 1 atom stereocenters. The number of rotatable bonds is 4. The highest BCUT2D eigenvalue weighted by Gasteiger charge is 2.34. The van der Waals surface area contributed by atoms with Gasteiger partial charge >= 0.3 is 12.1 Å². The van der Waals surface area contributed by atoms with Crippen LogP contribution in [0.15, 0.2) is 24.3 Å². The van der Waals surface area contributed by atoms with E-state index in [1.807, 2.05) is 0 Å². The van der Waals surface area contributed by atoms with Gasteiger partial charge in [-0.2, -0.15) is 13.2 Å². The number of para-hydroxylation sites is 1. The average Bonchev–Trinajstić information content (AvgIpc) is 2.24. The van der Waals surface area contributed by atoms with Crippen LogP contribution in [-0.4, -0.2) is 17.7 Å². The number of carboxylic acid groups (broad SMARTS) is 1. The molecule has 0 aliphatic carbocycles. The maximum atomic E-state index is 12.5. The van der Waals surface area contributed by atoms with E-state index in [4.69, 9.17) is 9.84 Å². The summed E-state index contributed by atoms with van der Waals surface area (Å²) in [7, 11) is 0. The fourth-order valence-corrected chi connectivity index (χ4v) is 1.11. The van der Waals surface area contributed by atoms with Gasteiger partial charge in [-0.05, 0) is 19.1 Å². The molecule has 1 rings (SSSR count). The molecule has 0 aliphatic rings. The summed E-state index contributed by atoms with van der Waals surface area (Å²) in [5, 5.41) is 8.59. The van der Waals surface area contributed by atoms with Crippen molar-refractivity contribution >= 4 is 5.97 Å². The molecule has 0 aromatic heterocycles. The van der Waals surface area contributed by atoms with Crippen LogP contribution in [0.5, 0.6) is 5.75 Å². The Morgan fingerprint density at radius 1 is 1.41 bits per heavy atom. The number of halogens is 3. The molecule has 6 heteroatoms. The van der Waals surface area contributed by atoms with Crippen molar-refractivity contribution in [1.29, 1.82) is 0 Å². The zero-order valence-electron chi connectivity index (χ0n) is 8.99. The molecule has 0 saturated heterocycles. The minimum absolute atomic E-state index is 0.303. The molecule has 94 valence electrons. The van der Waals surface area contributed by atoms with Crippen molar-refractivity contribution in [2.75, 3.05) is 6.61 Å². The minimum atomic E-state index is -4.51. The van der Waals surface area contributed by atoms with E-state index in [1.165, 1.54) is 19.1 Å². The van der Waals surface area contributed by atoms with Gasteiger partial charge in [0, 0.05) is 0 Å². The monoisotopic (exact) mass is 248 g/mol. The normalized spacial score (nSPS) is 13.2. The van der Waals surface area contributed by atoms with Crippen LogP contribution in [0.25, 0.3) is 0 Å². The van der Waals surface area contributed by atoms with E-state index in [0.29, 0.717) is 0 Å². The molecule has 0 saturated carbocycles. The number of hydrogen-bond acceptors (Lipinski definition) is 2. The fraction of sp³-hybridized carbons (Fsp3) is 0.364. The van der Waals surface area contributed by atoms with Crippen molar-refractivity contribution in [3.63, 3.8) is 0 Å². The molecule has 0 amide bonds. The number of hydrogen-bond donors (Lipinski definition) is 1. The van der Waals surface area contributed by atoms with E-state index < -0.39 is 23.6 Å². The third-order valence-electron chi connectivity index (χ3n) is 2.10. The predicted molar refractivity (Wildman–Crippen MR) is 53.7 cm³/mol. The lowest BCUT2D eigenvalue weighted by molar-refractivity contribution is -0.142. The third kappa shape index (κ3) is 3.65. The molecule has 0 fully saturated rings. The first-order chi connectivity index (χ1) is 7.82. The van der Waals surface area contributed by atoms with Crippen LogP contribution in [0.1, 0.15) is 12.5 Å². The van der Waals surface area contributed by atoms with Crippen LogP contribution in [0.4, 0.5) is 13.2 Å². The van der Waals surface area contributed by atoms with E-state index in [9.17, 15) is 18.0 Å². The summed E-state index contributed by atoms with van der Waals surface area (Å²) in [6, 6.07) is 4.70. The number of carboxylic acids is 1. The van der Waals surface area contributed by atoms with Crippen LogP contribution in [0.2, 0.25) is 0 Å². The van der Waals surface area contributed by atoms with Crippen molar-refractivity contribution in [2.45, 2.75) is 13.1 Å². The highest BCUT2D eigenvalue weighted by Crippen LogP contribution is 2.35. The van der Waals surface area contributed by atoms with E-state index in [2.05, 4.69) is 0 Å². The Labute approximate surface area is 95.8 Å². The molecule has 0 aliphatic heterocycles. The summed E-state index contributed by atoms with van der Waals surface area (Å²) in [5.74, 6) is -2.33. The fourth-order valence-electron chi connectivity index (χ4n) is 1.11. The number of aliphatic carboxylic acids is 1. The molecule has 0 bridgehead atoms. The smallest absolute Gasteiger partial charge is 0.419 e. The Bertz CT molecular complexity index is 401. The van der Waals surface area contributed by atoms with E-state index in [0.717, 1.165) is 12.1 Å². The first kappa shape index (κ1) is 13.3. The highest BCUT2D eigenvalue weighted by atomic mass is 19.4. The molecule has 1 unspecified atom stereocenters. The summed E-state index contributed by atoms with van der Waals surface area (Å²) in [6.45, 7) is 1.06. The molecule has 0 spiro atoms. The third-order valence-corrected chi connectivity index (χ3v) is 2.10. The Kier molecular flexibility index (Phi) is 3.98. The quantitative estimate of drug-likeness (QED) is 0.891. The topological polar surface area (TPSA) is 46.5 Å². The SMILES string of the molecule is CC(COc1ccccc1C(F)(F)F)C(=O)O. The van der Waals surface area contributed by atoms with Gasteiger partial charge in [0.15, 0.2) is 0 Å². The van der Waals surface area contributed by atoms with E-state index >= 15 is 0 Å². The van der Waals surface area contributed by atoms with Gasteiger partial charge in [-0.3, -0.25) is 4.79 Å². The van der Waals surface area contributed by atoms with Gasteiger partial charge in [-0.1, -0.05) is 12.1 Å². The predicted octanol–water partition coefficient (Wildman–Crippen LogP) is 2.80. The maximum absolute atomic E-state index is 12.5. The van der Waals surface area contributed by atoms with Crippen molar-refractivity contribution in [3.8, 4) is 5.75 Å². The molecular weight excluding hydrogens is 237 g/mol. The Balaban J connectivity index is 2.81. The zero-order chi connectivity index (χ0) is 13.1. The summed E-state index contributed by atoms with van der Waals surface area (Å²) in [6.07, 6.45) is -4.51. The Morgan fingerprint density at radius 3 is 2.53 bits per heavy atom. The van der Waals surface area contributed by atoms with Crippen LogP contribution in [0.3, 0.4) is 0 Å². The van der Waals surface area contributed by atoms with Crippen LogP contribution in [-0.2, 0) is 11.0 Å². The van der Waals surface area contributed by atoms with Gasteiger partial charge in [0.1, 0.15) is 12.4 Å². The van der Waals surface area contributed by atoms with Gasteiger partial charge in [0.2, 0.25) is 0 Å². The summed E-state index contributed by atoms with van der Waals surface area (Å²) >= 11 is 0. The number of alkyl halides is 3. The van der Waals surface area contributed by atoms with Gasteiger partial charge in [-0.25, -0.2) is 0 Å². The van der Waals surface area contributed by atoms with Crippen molar-refractivity contribution in [2.24, 2.45) is 5.92 Å². The molecular formula is C11H11F3O3. The summed E-state index contributed by atoms with van der Waals surface area (Å²) < 4.78 is 42.5. The molecule has 17 heavy (non-hydrogen) atoms. The van der Waals surface area contributed by atoms with Gasteiger partial charge in [0.05, 0.1) is 11.5 Å². The van der Waals surface area contributed by atoms with Gasteiger partial charge < -0.3 is 9.84 Å². The molecule has 0 heterocycles. The second kappa shape index (κ2) is 5.07. The molecule has 0 radical (unpaired) electrons. The van der Waals surface area contributed by atoms with Crippen LogP contribution < -0.4 is 4.74 Å². The average molecular weight is 248 g/mol. The van der Waals surface area contributed by atoms with E-state index in [1.54, 1.807) is 0 Å². The van der Waals surface area contributed by atoms with Crippen LogP contribution in [0, 0.1) is 5.92 Å². The van der Waals surface area contributed by atoms with Gasteiger partial charge in [-0.15, -0.1) is 0 Å². The lowest BCUT2D eigenvalue weighted by Gasteiger charge is -2.14. The molecule has 1 aromatic carbocycles. The Hall–Kier alpha value is -1.72. The van der Waals surface area contributed by atoms with Gasteiger partial charge in [0.25, 0.3) is 0 Å². The minimum Gasteiger partial charge on any atom is -0.492 e. The van der Waals surface area contributed by atoms with Crippen LogP contribution >= 0.6 is 0 Å². The first-order valence-corrected chi connectivity index (χ1v) is 4.84. The lowest BCUT2D eigenvalue weighted by Crippen LogP contribution is -2.19. The lowest BCUT2D eigenvalue weighted by atomic mass is 10.2. The molecule has 1 N–H and O–H groups in total. The standard InChI is InChI=1S/C11H11F3O3/c1-7(10(15)16)6-17-9-5-3-2-4-8(9)11(12,13)14/h2-5,7H,6H2,1H3,(H,15,16). The summed E-state index contributed by atoms with van der Waals surface area (Å²) in [4.78, 5) is 10.5. The van der Waals surface area contributed by atoms with E-state index in [-0.39, 0.29) is 12.4 Å². The van der Waals surface area contributed by atoms with Crippen molar-refractivity contribution < 1.29 is 27.8 Å². The van der Waals surface area contributed by atoms with Crippen molar-refractivity contribution in [1.82, 2.24) is 0 Å². The van der Waals surface area contributed by atoms with Crippen molar-refractivity contribution in [3.05, 3.63) is 29.8 Å². The Morgan fingerprint density at radius 2 is 2.00 bits per heavy atom. The number of benzene rings is 1. The molecule has 1 aromatic rings. The molecule has 3 nitrogen and oxygen atoms in total. The second-order valence-corrected chi connectivity index (χ2v) is 3.54. The first-order valence-electron chi connectivity index (χ1n) is 4.84. The zero-order valence-corrected chi connectivity index (χ0v) is 8.99. The summed E-state index contributed by atoms with van der Waals surface area (Å²) in [5.41, 5.74) is -0.905. The highest BCUT2D eigenvalue weighted by molar-refractivity contribution is 5.69. The largest absolute Gasteiger partial charge is 0.492 e. The maximum Gasteiger partial charge on any atom is 0.419 e. The second-order valence-electron chi connectivity index (χ2n) is 3.54. The number of ether oxygens (including phenoxy) is 1. The number of carbonyl (C=O) groups is 1.